The van der Waals surface area contributed by atoms with Crippen molar-refractivity contribution in [1.29, 1.82) is 5.26 Å². The number of hydrogen-bond acceptors (Lipinski definition) is 5. The van der Waals surface area contributed by atoms with Gasteiger partial charge in [-0.2, -0.15) is 5.26 Å². The minimum atomic E-state index is -0.526. The molecule has 0 aromatic carbocycles. The lowest BCUT2D eigenvalue weighted by Gasteiger charge is -2.26. The zero-order valence-electron chi connectivity index (χ0n) is 13.8. The molecule has 6 nitrogen and oxygen atoms in total. The Morgan fingerprint density at radius 2 is 2.09 bits per heavy atom. The average molecular weight is 304 g/mol. The molecule has 0 aliphatic rings. The molecule has 22 heavy (non-hydrogen) atoms. The molecule has 1 heterocycles. The minimum Gasteiger partial charge on any atom is -0.444 e. The predicted octanol–water partition coefficient (Wildman–Crippen LogP) is 2.91. The van der Waals surface area contributed by atoms with Crippen LogP contribution in [0.2, 0.25) is 0 Å². The van der Waals surface area contributed by atoms with E-state index in [1.165, 1.54) is 0 Å². The summed E-state index contributed by atoms with van der Waals surface area (Å²) < 4.78 is 5.27. The van der Waals surface area contributed by atoms with E-state index in [9.17, 15) is 4.79 Å². The number of ether oxygens (including phenoxy) is 1. The number of hydrogen-bond donors (Lipinski definition) is 2. The van der Waals surface area contributed by atoms with Crippen molar-refractivity contribution in [3.8, 4) is 6.07 Å². The van der Waals surface area contributed by atoms with E-state index in [1.807, 2.05) is 40.7 Å². The molecule has 1 amide bonds. The van der Waals surface area contributed by atoms with Crippen molar-refractivity contribution in [3.63, 3.8) is 0 Å². The van der Waals surface area contributed by atoms with Gasteiger partial charge in [-0.1, -0.05) is 19.9 Å². The number of alkyl carbamates (subject to hydrolysis) is 1. The molecule has 120 valence electrons. The van der Waals surface area contributed by atoms with Crippen LogP contribution in [0.25, 0.3) is 0 Å². The summed E-state index contributed by atoms with van der Waals surface area (Å²) in [4.78, 5) is 16.0. The van der Waals surface area contributed by atoms with Crippen molar-refractivity contribution in [2.45, 2.75) is 46.3 Å². The highest BCUT2D eigenvalue weighted by Gasteiger charge is 2.21. The molecular weight excluding hydrogens is 280 g/mol. The highest BCUT2D eigenvalue weighted by molar-refractivity contribution is 5.68. The maximum absolute atomic E-state index is 11.9. The topological polar surface area (TPSA) is 87.0 Å². The third-order valence-electron chi connectivity index (χ3n) is 2.87. The van der Waals surface area contributed by atoms with Crippen molar-refractivity contribution < 1.29 is 9.53 Å². The van der Waals surface area contributed by atoms with Crippen LogP contribution in [0.1, 0.15) is 40.3 Å². The highest BCUT2D eigenvalue weighted by Crippen LogP contribution is 2.10. The van der Waals surface area contributed by atoms with Crippen LogP contribution in [0.4, 0.5) is 10.6 Å². The maximum Gasteiger partial charge on any atom is 0.407 e. The molecule has 0 bridgehead atoms. The number of nitrogens with zero attached hydrogens (tertiary/aromatic N) is 2. The lowest BCUT2D eigenvalue weighted by Crippen LogP contribution is -2.45. The third-order valence-corrected chi connectivity index (χ3v) is 2.87. The fourth-order valence-electron chi connectivity index (χ4n) is 1.72. The van der Waals surface area contributed by atoms with E-state index in [4.69, 9.17) is 10.00 Å². The second-order valence-electron chi connectivity index (χ2n) is 6.40. The van der Waals surface area contributed by atoms with Crippen molar-refractivity contribution in [2.24, 2.45) is 5.92 Å². The summed E-state index contributed by atoms with van der Waals surface area (Å²) in [5.41, 5.74) is -0.173. The van der Waals surface area contributed by atoms with Gasteiger partial charge < -0.3 is 15.4 Å². The van der Waals surface area contributed by atoms with Gasteiger partial charge in [0.2, 0.25) is 0 Å². The predicted molar refractivity (Wildman–Crippen MR) is 85.4 cm³/mol. The molecule has 1 aromatic heterocycles. The van der Waals surface area contributed by atoms with E-state index >= 15 is 0 Å². The van der Waals surface area contributed by atoms with Crippen LogP contribution in [0.3, 0.4) is 0 Å². The summed E-state index contributed by atoms with van der Waals surface area (Å²) in [5.74, 6) is 0.829. The molecule has 1 atom stereocenters. The molecule has 0 fully saturated rings. The Kier molecular flexibility index (Phi) is 6.17. The molecule has 0 saturated heterocycles. The van der Waals surface area contributed by atoms with Gasteiger partial charge in [0.1, 0.15) is 23.2 Å². The Bertz CT molecular complexity index is 544. The molecule has 0 aliphatic carbocycles. The molecule has 0 aliphatic heterocycles. The van der Waals surface area contributed by atoms with Crippen LogP contribution in [0, 0.1) is 17.2 Å². The molecule has 2 N–H and O–H groups in total. The Morgan fingerprint density at radius 1 is 1.41 bits per heavy atom. The van der Waals surface area contributed by atoms with E-state index < -0.39 is 11.7 Å². The number of pyridine rings is 1. The fourth-order valence-corrected chi connectivity index (χ4v) is 1.72. The van der Waals surface area contributed by atoms with Gasteiger partial charge in [-0.15, -0.1) is 0 Å². The molecule has 6 heteroatoms. The first-order valence-electron chi connectivity index (χ1n) is 7.32. The standard InChI is InChI=1S/C16H24N4O2/c1-11(2)13(20-15(21)22-16(3,4)5)10-18-14-8-6-7-12(9-17)19-14/h6-8,11,13H,10H2,1-5H3,(H,18,19)(H,20,21). The Balaban J connectivity index is 2.61. The lowest BCUT2D eigenvalue weighted by atomic mass is 10.0. The summed E-state index contributed by atoms with van der Waals surface area (Å²) in [6.45, 7) is 10.0. The van der Waals surface area contributed by atoms with Gasteiger partial charge >= 0.3 is 6.09 Å². The van der Waals surface area contributed by atoms with Crippen LogP contribution < -0.4 is 10.6 Å². The monoisotopic (exact) mass is 304 g/mol. The van der Waals surface area contributed by atoms with Gasteiger partial charge in [-0.3, -0.25) is 0 Å². The summed E-state index contributed by atoms with van der Waals surface area (Å²) in [6, 6.07) is 7.08. The molecule has 0 saturated carbocycles. The lowest BCUT2D eigenvalue weighted by molar-refractivity contribution is 0.0494. The van der Waals surface area contributed by atoms with Crippen molar-refractivity contribution in [3.05, 3.63) is 23.9 Å². The van der Waals surface area contributed by atoms with E-state index in [2.05, 4.69) is 15.6 Å². The second kappa shape index (κ2) is 7.64. The largest absolute Gasteiger partial charge is 0.444 e. The Hall–Kier alpha value is -2.29. The van der Waals surface area contributed by atoms with Gasteiger partial charge in [0.15, 0.2) is 0 Å². The van der Waals surface area contributed by atoms with Crippen molar-refractivity contribution >= 4 is 11.9 Å². The highest BCUT2D eigenvalue weighted by atomic mass is 16.6. The zero-order valence-corrected chi connectivity index (χ0v) is 13.8. The SMILES string of the molecule is CC(C)C(CNc1cccc(C#N)n1)NC(=O)OC(C)(C)C. The zero-order chi connectivity index (χ0) is 16.8. The molecule has 0 radical (unpaired) electrons. The average Bonchev–Trinajstić information content (AvgIpc) is 2.41. The van der Waals surface area contributed by atoms with Gasteiger partial charge in [-0.25, -0.2) is 9.78 Å². The number of rotatable bonds is 5. The van der Waals surface area contributed by atoms with Gasteiger partial charge in [0, 0.05) is 6.54 Å². The third kappa shape index (κ3) is 6.44. The van der Waals surface area contributed by atoms with E-state index in [1.54, 1.807) is 18.2 Å². The number of amides is 1. The van der Waals surface area contributed by atoms with Crippen LogP contribution in [0.5, 0.6) is 0 Å². The first kappa shape index (κ1) is 17.8. The second-order valence-corrected chi connectivity index (χ2v) is 6.40. The first-order chi connectivity index (χ1) is 10.2. The molecule has 1 aromatic rings. The number of carbonyl (C=O) groups is 1. The minimum absolute atomic E-state index is 0.109. The van der Waals surface area contributed by atoms with Gasteiger partial charge in [0.25, 0.3) is 0 Å². The van der Waals surface area contributed by atoms with Crippen molar-refractivity contribution in [2.75, 3.05) is 11.9 Å². The Morgan fingerprint density at radius 3 is 2.64 bits per heavy atom. The van der Waals surface area contributed by atoms with E-state index in [0.717, 1.165) is 0 Å². The normalized spacial score (nSPS) is 12.4. The van der Waals surface area contributed by atoms with Gasteiger partial charge in [-0.05, 0) is 38.8 Å². The van der Waals surface area contributed by atoms with Crippen molar-refractivity contribution in [1.82, 2.24) is 10.3 Å². The molecule has 0 spiro atoms. The first-order valence-corrected chi connectivity index (χ1v) is 7.32. The molecular formula is C16H24N4O2. The quantitative estimate of drug-likeness (QED) is 0.873. The van der Waals surface area contributed by atoms with E-state index in [0.29, 0.717) is 18.1 Å². The van der Waals surface area contributed by atoms with Gasteiger partial charge in [0.05, 0.1) is 6.04 Å². The summed E-state index contributed by atoms with van der Waals surface area (Å²) >= 11 is 0. The summed E-state index contributed by atoms with van der Waals surface area (Å²) in [6.07, 6.45) is -0.438. The number of nitrogens with one attached hydrogen (secondary N) is 2. The summed E-state index contributed by atoms with van der Waals surface area (Å²) in [5, 5.41) is 14.8. The molecule has 1 unspecified atom stereocenters. The van der Waals surface area contributed by atoms with E-state index in [-0.39, 0.29) is 12.0 Å². The van der Waals surface area contributed by atoms with Crippen LogP contribution in [0.15, 0.2) is 18.2 Å². The maximum atomic E-state index is 11.9. The fraction of sp³-hybridized carbons (Fsp3) is 0.562. The van der Waals surface area contributed by atoms with Crippen LogP contribution in [-0.4, -0.2) is 29.3 Å². The number of carbonyl (C=O) groups excluding carboxylic acids is 1. The summed E-state index contributed by atoms with van der Waals surface area (Å²) in [7, 11) is 0. The number of anilines is 1. The smallest absolute Gasteiger partial charge is 0.407 e. The number of nitriles is 1. The number of aromatic nitrogens is 1. The van der Waals surface area contributed by atoms with Crippen LogP contribution in [-0.2, 0) is 4.74 Å². The molecule has 1 rings (SSSR count). The Labute approximate surface area is 131 Å². The van der Waals surface area contributed by atoms with Crippen LogP contribution >= 0.6 is 0 Å².